The van der Waals surface area contributed by atoms with Crippen LogP contribution in [0.2, 0.25) is 5.02 Å². The Morgan fingerprint density at radius 1 is 1.15 bits per heavy atom. The summed E-state index contributed by atoms with van der Waals surface area (Å²) in [6.07, 6.45) is -3.01. The number of hydrogen-bond acceptors (Lipinski definition) is 6. The number of carboxylic acid groups (broad SMARTS) is 1. The van der Waals surface area contributed by atoms with E-state index in [1.165, 1.54) is 30.1 Å². The number of aromatic nitrogens is 1. The first-order valence-electron chi connectivity index (χ1n) is 13.2. The van der Waals surface area contributed by atoms with Crippen LogP contribution < -0.4 is 9.64 Å². The summed E-state index contributed by atoms with van der Waals surface area (Å²) in [7, 11) is 1.53. The molecule has 3 aromatic rings. The zero-order chi connectivity index (χ0) is 29.5. The number of oxime groups is 1. The molecular weight excluding hydrogens is 559 g/mol. The molecule has 11 heteroatoms. The van der Waals surface area contributed by atoms with Crippen molar-refractivity contribution in [2.75, 3.05) is 18.6 Å². The Balaban J connectivity index is 1.37. The molecule has 1 aliphatic carbocycles. The van der Waals surface area contributed by atoms with Crippen molar-refractivity contribution in [3.8, 4) is 5.88 Å². The molecule has 5 rings (SSSR count). The predicted molar refractivity (Wildman–Crippen MR) is 149 cm³/mol. The molecule has 0 saturated heterocycles. The summed E-state index contributed by atoms with van der Waals surface area (Å²) in [5.41, 5.74) is 2.42. The van der Waals surface area contributed by atoms with Crippen LogP contribution in [-0.2, 0) is 17.6 Å². The zero-order valence-electron chi connectivity index (χ0n) is 22.7. The summed E-state index contributed by atoms with van der Waals surface area (Å²) in [6, 6.07) is 13.0. The summed E-state index contributed by atoms with van der Waals surface area (Å²) >= 11 is 6.50. The van der Waals surface area contributed by atoms with E-state index in [1.807, 2.05) is 19.1 Å². The topological polar surface area (TPSA) is 84.3 Å². The van der Waals surface area contributed by atoms with Gasteiger partial charge in [0.1, 0.15) is 12.7 Å². The van der Waals surface area contributed by atoms with Crippen LogP contribution in [0.4, 0.5) is 18.9 Å². The molecule has 41 heavy (non-hydrogen) atoms. The van der Waals surface area contributed by atoms with Crippen LogP contribution in [0.15, 0.2) is 53.7 Å². The SMILES string of the molecule is Cc1cc(CN(C)c2ccc(OCC3C(c4c(C)cccc4Cl)=NOC3C3CC3)nc2C(F)(F)F)ccc1C(=O)O. The number of rotatable bonds is 9. The Hall–Kier alpha value is -3.79. The van der Waals surface area contributed by atoms with E-state index >= 15 is 0 Å². The predicted octanol–water partition coefficient (Wildman–Crippen LogP) is 6.91. The minimum atomic E-state index is -4.74. The Morgan fingerprint density at radius 3 is 2.54 bits per heavy atom. The lowest BCUT2D eigenvalue weighted by Crippen LogP contribution is -2.32. The molecule has 2 atom stereocenters. The Morgan fingerprint density at radius 2 is 1.90 bits per heavy atom. The molecule has 1 aliphatic heterocycles. The van der Waals surface area contributed by atoms with Crippen LogP contribution in [0, 0.1) is 25.7 Å². The molecule has 1 N–H and O–H groups in total. The standard InChI is InChI=1S/C30H29ClF3N3O4/c1-16-5-4-6-22(31)25(16)26-21(27(41-36-26)19-8-9-19)15-40-24-12-11-23(28(35-24)30(32,33)34)37(3)14-18-7-10-20(29(38)39)17(2)13-18/h4-7,10-13,19,21,27H,8-9,14-15H2,1-3H3,(H,38,39). The lowest BCUT2D eigenvalue weighted by molar-refractivity contribution is -0.140. The number of anilines is 1. The molecule has 0 bridgehead atoms. The van der Waals surface area contributed by atoms with Crippen LogP contribution in [0.5, 0.6) is 5.88 Å². The number of hydrogen-bond donors (Lipinski definition) is 1. The number of carboxylic acids is 1. The van der Waals surface area contributed by atoms with E-state index in [0.29, 0.717) is 27.8 Å². The van der Waals surface area contributed by atoms with Gasteiger partial charge in [0.2, 0.25) is 5.88 Å². The monoisotopic (exact) mass is 587 g/mol. The summed E-state index contributed by atoms with van der Waals surface area (Å²) < 4.78 is 48.4. The number of carbonyl (C=O) groups is 1. The van der Waals surface area contributed by atoms with Crippen molar-refractivity contribution in [2.24, 2.45) is 17.0 Å². The van der Waals surface area contributed by atoms with Crippen molar-refractivity contribution in [2.45, 2.75) is 45.5 Å². The molecule has 7 nitrogen and oxygen atoms in total. The molecule has 2 heterocycles. The second kappa shape index (κ2) is 11.2. The van der Waals surface area contributed by atoms with E-state index in [-0.39, 0.29) is 42.3 Å². The Bertz CT molecular complexity index is 1490. The number of alkyl halides is 3. The highest BCUT2D eigenvalue weighted by Gasteiger charge is 2.46. The molecule has 216 valence electrons. The van der Waals surface area contributed by atoms with Crippen LogP contribution in [0.1, 0.15) is 51.1 Å². The van der Waals surface area contributed by atoms with Gasteiger partial charge in [0.05, 0.1) is 27.9 Å². The average Bonchev–Trinajstić information content (AvgIpc) is 3.66. The smallest absolute Gasteiger partial charge is 0.435 e. The average molecular weight is 588 g/mol. The number of aromatic carboxylic acids is 1. The van der Waals surface area contributed by atoms with Crippen LogP contribution in [0.25, 0.3) is 0 Å². The quantitative estimate of drug-likeness (QED) is 0.293. The largest absolute Gasteiger partial charge is 0.478 e. The summed E-state index contributed by atoms with van der Waals surface area (Å²) in [5.74, 6) is -1.24. The van der Waals surface area contributed by atoms with Crippen molar-refractivity contribution in [1.82, 2.24) is 4.98 Å². The maximum atomic E-state index is 14.2. The highest BCUT2D eigenvalue weighted by Crippen LogP contribution is 2.43. The van der Waals surface area contributed by atoms with Gasteiger partial charge >= 0.3 is 12.1 Å². The van der Waals surface area contributed by atoms with Gasteiger partial charge in [0.15, 0.2) is 5.69 Å². The number of halogens is 4. The minimum Gasteiger partial charge on any atom is -0.478 e. The van der Waals surface area contributed by atoms with Gasteiger partial charge in [-0.1, -0.05) is 41.0 Å². The highest BCUT2D eigenvalue weighted by atomic mass is 35.5. The second-order valence-electron chi connectivity index (χ2n) is 10.6. The lowest BCUT2D eigenvalue weighted by atomic mass is 9.89. The highest BCUT2D eigenvalue weighted by molar-refractivity contribution is 6.34. The van der Waals surface area contributed by atoms with Crippen molar-refractivity contribution < 1.29 is 32.6 Å². The fourth-order valence-electron chi connectivity index (χ4n) is 5.24. The Labute approximate surface area is 240 Å². The fourth-order valence-corrected chi connectivity index (χ4v) is 5.56. The third-order valence-corrected chi connectivity index (χ3v) is 7.78. The first kappa shape index (κ1) is 28.7. The fraction of sp³-hybridized carbons (Fsp3) is 0.367. The van der Waals surface area contributed by atoms with Crippen molar-refractivity contribution in [3.05, 3.63) is 87.1 Å². The maximum Gasteiger partial charge on any atom is 0.435 e. The summed E-state index contributed by atoms with van der Waals surface area (Å²) in [6.45, 7) is 3.71. The number of nitrogens with zero attached hydrogens (tertiary/aromatic N) is 3. The molecule has 2 aliphatic rings. The first-order valence-corrected chi connectivity index (χ1v) is 13.6. The number of aryl methyl sites for hydroxylation is 2. The van der Waals surface area contributed by atoms with Gasteiger partial charge in [0.25, 0.3) is 0 Å². The summed E-state index contributed by atoms with van der Waals surface area (Å²) in [4.78, 5) is 22.4. The van der Waals surface area contributed by atoms with Crippen molar-refractivity contribution >= 4 is 29.0 Å². The van der Waals surface area contributed by atoms with E-state index in [1.54, 1.807) is 25.1 Å². The number of ether oxygens (including phenoxy) is 1. The molecule has 1 saturated carbocycles. The van der Waals surface area contributed by atoms with E-state index in [9.17, 15) is 23.1 Å². The van der Waals surface area contributed by atoms with Gasteiger partial charge in [-0.25, -0.2) is 9.78 Å². The third-order valence-electron chi connectivity index (χ3n) is 7.47. The molecule has 2 aromatic carbocycles. The van der Waals surface area contributed by atoms with Gasteiger partial charge in [0, 0.05) is 25.2 Å². The van der Waals surface area contributed by atoms with Gasteiger partial charge in [-0.05, 0) is 67.5 Å². The molecule has 2 unspecified atom stereocenters. The third kappa shape index (κ3) is 6.12. The molecule has 1 aromatic heterocycles. The van der Waals surface area contributed by atoms with E-state index < -0.39 is 17.8 Å². The van der Waals surface area contributed by atoms with Crippen LogP contribution >= 0.6 is 11.6 Å². The van der Waals surface area contributed by atoms with Crippen LogP contribution in [0.3, 0.4) is 0 Å². The summed E-state index contributed by atoms with van der Waals surface area (Å²) in [5, 5.41) is 14.1. The van der Waals surface area contributed by atoms with Crippen molar-refractivity contribution in [3.63, 3.8) is 0 Å². The van der Waals surface area contributed by atoms with Gasteiger partial charge in [-0.2, -0.15) is 13.2 Å². The van der Waals surface area contributed by atoms with Crippen molar-refractivity contribution in [1.29, 1.82) is 0 Å². The van der Waals surface area contributed by atoms with E-state index in [0.717, 1.165) is 24.0 Å². The normalized spacial score (nSPS) is 18.6. The zero-order valence-corrected chi connectivity index (χ0v) is 23.5. The second-order valence-corrected chi connectivity index (χ2v) is 11.0. The van der Waals surface area contributed by atoms with Gasteiger partial charge < -0.3 is 19.6 Å². The number of benzene rings is 2. The molecular formula is C30H29ClF3N3O4. The molecule has 0 spiro atoms. The van der Waals surface area contributed by atoms with E-state index in [4.69, 9.17) is 21.2 Å². The van der Waals surface area contributed by atoms with Gasteiger partial charge in [-0.3, -0.25) is 0 Å². The van der Waals surface area contributed by atoms with E-state index in [2.05, 4.69) is 10.1 Å². The minimum absolute atomic E-state index is 0.0271. The van der Waals surface area contributed by atoms with Gasteiger partial charge in [-0.15, -0.1) is 0 Å². The molecule has 0 radical (unpaired) electrons. The molecule has 1 fully saturated rings. The first-order chi connectivity index (χ1) is 19.4. The Kier molecular flexibility index (Phi) is 7.87. The maximum absolute atomic E-state index is 14.2. The van der Waals surface area contributed by atoms with Crippen LogP contribution in [-0.4, -0.2) is 41.5 Å². The lowest BCUT2D eigenvalue weighted by Gasteiger charge is -2.24. The molecule has 0 amide bonds. The number of pyridine rings is 1.